The molecule has 1 heterocycles. The maximum absolute atomic E-state index is 8.95. The first-order valence-electron chi connectivity index (χ1n) is 7.55. The lowest BCUT2D eigenvalue weighted by Crippen LogP contribution is -2.13. The molecule has 0 fully saturated rings. The van der Waals surface area contributed by atoms with Crippen molar-refractivity contribution in [1.82, 2.24) is 0 Å². The molecule has 0 saturated heterocycles. The summed E-state index contributed by atoms with van der Waals surface area (Å²) in [5.74, 6) is 0. The fourth-order valence-electron chi connectivity index (χ4n) is 2.59. The van der Waals surface area contributed by atoms with E-state index in [4.69, 9.17) is 10.3 Å². The molecule has 2 aromatic rings. The lowest BCUT2D eigenvalue weighted by Gasteiger charge is -2.17. The van der Waals surface area contributed by atoms with Crippen LogP contribution in [0.4, 0.5) is 17.1 Å². The molecular formula is C19H18N4. The number of hydrogen-bond donors (Lipinski definition) is 0. The lowest BCUT2D eigenvalue weighted by atomic mass is 9.98. The summed E-state index contributed by atoms with van der Waals surface area (Å²) in [4.78, 5) is 11.4. The standard InChI is InChI=1S/C19H18N4/c1-23(2)16-9-7-14(8-10-16)21-19-13-15(11-12-20)22-18-6-4-3-5-17(18)19/h3-10H,11,13H2,1-2H3. The Morgan fingerprint density at radius 3 is 2.57 bits per heavy atom. The van der Waals surface area contributed by atoms with Crippen molar-refractivity contribution in [3.05, 3.63) is 54.1 Å². The van der Waals surface area contributed by atoms with Gasteiger partial charge in [0.25, 0.3) is 0 Å². The maximum atomic E-state index is 8.95. The van der Waals surface area contributed by atoms with Crippen LogP contribution in [0, 0.1) is 11.3 Å². The monoisotopic (exact) mass is 302 g/mol. The van der Waals surface area contributed by atoms with Crippen LogP contribution in [-0.2, 0) is 0 Å². The van der Waals surface area contributed by atoms with E-state index in [1.165, 1.54) is 0 Å². The Bertz CT molecular complexity index is 808. The molecule has 4 heteroatoms. The van der Waals surface area contributed by atoms with Gasteiger partial charge in [-0.2, -0.15) is 5.26 Å². The Hall–Kier alpha value is -2.93. The Kier molecular flexibility index (Phi) is 4.20. The molecule has 0 N–H and O–H groups in total. The molecule has 0 spiro atoms. The fraction of sp³-hybridized carbons (Fsp3) is 0.211. The van der Waals surface area contributed by atoms with Crippen molar-refractivity contribution in [3.63, 3.8) is 0 Å². The van der Waals surface area contributed by atoms with E-state index >= 15 is 0 Å². The minimum absolute atomic E-state index is 0.340. The van der Waals surface area contributed by atoms with Crippen molar-refractivity contribution in [2.75, 3.05) is 19.0 Å². The Morgan fingerprint density at radius 1 is 1.13 bits per heavy atom. The highest BCUT2D eigenvalue weighted by atomic mass is 15.1. The third kappa shape index (κ3) is 3.29. The molecule has 0 saturated carbocycles. The van der Waals surface area contributed by atoms with E-state index in [-0.39, 0.29) is 0 Å². The molecule has 3 rings (SSSR count). The number of rotatable bonds is 3. The van der Waals surface area contributed by atoms with Gasteiger partial charge in [0.05, 0.1) is 29.6 Å². The maximum Gasteiger partial charge on any atom is 0.0739 e. The number of fused-ring (bicyclic) bond motifs is 1. The van der Waals surface area contributed by atoms with Crippen LogP contribution in [-0.4, -0.2) is 25.5 Å². The van der Waals surface area contributed by atoms with Crippen LogP contribution in [0.1, 0.15) is 18.4 Å². The first kappa shape index (κ1) is 15.0. The smallest absolute Gasteiger partial charge is 0.0739 e. The average Bonchev–Trinajstić information content (AvgIpc) is 2.56. The predicted molar refractivity (Wildman–Crippen MR) is 95.4 cm³/mol. The number of benzene rings is 2. The summed E-state index contributed by atoms with van der Waals surface area (Å²) >= 11 is 0. The molecular weight excluding hydrogens is 284 g/mol. The van der Waals surface area contributed by atoms with Crippen LogP contribution in [0.25, 0.3) is 0 Å². The van der Waals surface area contributed by atoms with Crippen molar-refractivity contribution in [3.8, 4) is 6.07 Å². The third-order valence-electron chi connectivity index (χ3n) is 3.78. The fourth-order valence-corrected chi connectivity index (χ4v) is 2.59. The zero-order valence-corrected chi connectivity index (χ0v) is 13.3. The van der Waals surface area contributed by atoms with Gasteiger partial charge in [-0.1, -0.05) is 18.2 Å². The summed E-state index contributed by atoms with van der Waals surface area (Å²) in [5.41, 5.74) is 5.84. The number of nitrogens with zero attached hydrogens (tertiary/aromatic N) is 4. The predicted octanol–water partition coefficient (Wildman–Crippen LogP) is 4.26. The van der Waals surface area contributed by atoms with Gasteiger partial charge in [-0.3, -0.25) is 9.98 Å². The van der Waals surface area contributed by atoms with Crippen molar-refractivity contribution >= 4 is 28.5 Å². The molecule has 0 unspecified atom stereocenters. The highest BCUT2D eigenvalue weighted by Gasteiger charge is 2.17. The molecule has 1 aliphatic heterocycles. The lowest BCUT2D eigenvalue weighted by molar-refractivity contribution is 1.13. The summed E-state index contributed by atoms with van der Waals surface area (Å²) in [6, 6.07) is 18.3. The van der Waals surface area contributed by atoms with E-state index in [1.54, 1.807) is 0 Å². The molecule has 23 heavy (non-hydrogen) atoms. The molecule has 0 bridgehead atoms. The van der Waals surface area contributed by atoms with E-state index in [0.29, 0.717) is 12.8 Å². The van der Waals surface area contributed by atoms with Crippen LogP contribution in [0.15, 0.2) is 58.5 Å². The van der Waals surface area contributed by atoms with E-state index in [1.807, 2.05) is 50.5 Å². The van der Waals surface area contributed by atoms with Crippen molar-refractivity contribution in [2.24, 2.45) is 9.98 Å². The highest BCUT2D eigenvalue weighted by molar-refractivity contribution is 6.19. The normalized spacial score (nSPS) is 14.8. The Morgan fingerprint density at radius 2 is 1.87 bits per heavy atom. The molecule has 4 nitrogen and oxygen atoms in total. The second kappa shape index (κ2) is 6.45. The quantitative estimate of drug-likeness (QED) is 0.850. The molecule has 0 aliphatic carbocycles. The molecule has 1 aliphatic rings. The zero-order chi connectivity index (χ0) is 16.2. The topological polar surface area (TPSA) is 51.8 Å². The van der Waals surface area contributed by atoms with E-state index in [2.05, 4.69) is 28.1 Å². The zero-order valence-electron chi connectivity index (χ0n) is 13.3. The number of nitriles is 1. The molecule has 114 valence electrons. The second-order valence-corrected chi connectivity index (χ2v) is 5.68. The van der Waals surface area contributed by atoms with Crippen molar-refractivity contribution in [1.29, 1.82) is 5.26 Å². The van der Waals surface area contributed by atoms with Gasteiger partial charge in [-0.25, -0.2) is 0 Å². The third-order valence-corrected chi connectivity index (χ3v) is 3.78. The first-order valence-corrected chi connectivity index (χ1v) is 7.55. The van der Waals surface area contributed by atoms with Crippen LogP contribution < -0.4 is 4.90 Å². The van der Waals surface area contributed by atoms with E-state index in [9.17, 15) is 0 Å². The Balaban J connectivity index is 1.98. The largest absolute Gasteiger partial charge is 0.378 e. The number of hydrogen-bond acceptors (Lipinski definition) is 4. The number of aliphatic imine (C=N–C) groups is 2. The summed E-state index contributed by atoms with van der Waals surface area (Å²) in [6.07, 6.45) is 0.965. The van der Waals surface area contributed by atoms with Crippen LogP contribution in [0.2, 0.25) is 0 Å². The molecule has 0 radical (unpaired) electrons. The summed E-state index contributed by atoms with van der Waals surface area (Å²) in [7, 11) is 4.03. The van der Waals surface area contributed by atoms with Crippen molar-refractivity contribution in [2.45, 2.75) is 12.8 Å². The van der Waals surface area contributed by atoms with Gasteiger partial charge in [0.1, 0.15) is 0 Å². The molecule has 2 aromatic carbocycles. The van der Waals surface area contributed by atoms with Gasteiger partial charge in [0.2, 0.25) is 0 Å². The van der Waals surface area contributed by atoms with Gasteiger partial charge in [0, 0.05) is 37.5 Å². The molecule has 0 atom stereocenters. The first-order chi connectivity index (χ1) is 11.2. The number of anilines is 1. The van der Waals surface area contributed by atoms with Gasteiger partial charge in [-0.15, -0.1) is 0 Å². The summed E-state index contributed by atoms with van der Waals surface area (Å²) in [6.45, 7) is 0. The summed E-state index contributed by atoms with van der Waals surface area (Å²) in [5, 5.41) is 8.95. The van der Waals surface area contributed by atoms with Gasteiger partial charge < -0.3 is 4.90 Å². The van der Waals surface area contributed by atoms with Gasteiger partial charge in [-0.05, 0) is 30.3 Å². The average molecular weight is 302 g/mol. The van der Waals surface area contributed by atoms with E-state index in [0.717, 1.165) is 34.0 Å². The van der Waals surface area contributed by atoms with Crippen LogP contribution >= 0.6 is 0 Å². The van der Waals surface area contributed by atoms with Crippen molar-refractivity contribution < 1.29 is 0 Å². The van der Waals surface area contributed by atoms with Gasteiger partial charge >= 0.3 is 0 Å². The minimum Gasteiger partial charge on any atom is -0.378 e. The van der Waals surface area contributed by atoms with E-state index < -0.39 is 0 Å². The SMILES string of the molecule is CN(C)c1ccc(N=C2CC(CC#N)=Nc3ccccc32)cc1. The summed E-state index contributed by atoms with van der Waals surface area (Å²) < 4.78 is 0. The minimum atomic E-state index is 0.340. The van der Waals surface area contributed by atoms with Crippen LogP contribution in [0.5, 0.6) is 0 Å². The van der Waals surface area contributed by atoms with Gasteiger partial charge in [0.15, 0.2) is 0 Å². The number of para-hydroxylation sites is 1. The Labute approximate surface area is 136 Å². The molecule has 0 aromatic heterocycles. The van der Waals surface area contributed by atoms with Crippen LogP contribution in [0.3, 0.4) is 0 Å². The second-order valence-electron chi connectivity index (χ2n) is 5.68. The highest BCUT2D eigenvalue weighted by Crippen LogP contribution is 2.29. The molecule has 0 amide bonds.